The number of benzene rings is 1. The van der Waals surface area contributed by atoms with Gasteiger partial charge in [0, 0.05) is 24.0 Å². The number of H-pyrrole nitrogens is 1. The van der Waals surface area contributed by atoms with Gasteiger partial charge < -0.3 is 20.4 Å². The first-order valence-electron chi connectivity index (χ1n) is 9.59. The summed E-state index contributed by atoms with van der Waals surface area (Å²) in [4.78, 5) is 27.8. The summed E-state index contributed by atoms with van der Waals surface area (Å²) in [6.07, 6.45) is -3.31. The van der Waals surface area contributed by atoms with Crippen LogP contribution in [0.15, 0.2) is 12.1 Å². The van der Waals surface area contributed by atoms with Gasteiger partial charge in [-0.3, -0.25) is 4.79 Å². The molecule has 1 aromatic heterocycles. The van der Waals surface area contributed by atoms with Gasteiger partial charge in [-0.1, -0.05) is 6.08 Å². The number of hydrogen-bond donors (Lipinski definition) is 2. The van der Waals surface area contributed by atoms with Gasteiger partial charge in [-0.2, -0.15) is 13.2 Å². The number of rotatable bonds is 2. The first-order chi connectivity index (χ1) is 14.2. The minimum atomic E-state index is -4.74. The average molecular weight is 441 g/mol. The summed E-state index contributed by atoms with van der Waals surface area (Å²) >= 11 is 0. The van der Waals surface area contributed by atoms with Gasteiger partial charge in [-0.25, -0.2) is 9.18 Å². The molecule has 1 aliphatic heterocycles. The lowest BCUT2D eigenvalue weighted by molar-refractivity contribution is -0.141. The number of nitrogens with two attached hydrogens (primary N) is 1. The maximum atomic E-state index is 15.1. The Labute approximate surface area is 176 Å². The van der Waals surface area contributed by atoms with Crippen LogP contribution in [-0.2, 0) is 10.9 Å². The molecular formula is C21H23F4N3O3. The van der Waals surface area contributed by atoms with Gasteiger partial charge >= 0.3 is 12.3 Å². The summed E-state index contributed by atoms with van der Waals surface area (Å²) in [5.74, 6) is -1.95. The van der Waals surface area contributed by atoms with Crippen LogP contribution in [0.3, 0.4) is 0 Å². The first kappa shape index (κ1) is 22.6. The molecule has 10 heteroatoms. The summed E-state index contributed by atoms with van der Waals surface area (Å²) < 4.78 is 61.0. The molecule has 0 atom stereocenters. The van der Waals surface area contributed by atoms with E-state index in [2.05, 4.69) is 4.98 Å². The zero-order valence-corrected chi connectivity index (χ0v) is 17.5. The molecule has 0 radical (unpaired) electrons. The van der Waals surface area contributed by atoms with Crippen molar-refractivity contribution in [2.24, 2.45) is 5.73 Å². The summed E-state index contributed by atoms with van der Waals surface area (Å²) in [5, 5.41) is -0.0848. The Morgan fingerprint density at radius 1 is 1.23 bits per heavy atom. The molecule has 0 aliphatic carbocycles. The van der Waals surface area contributed by atoms with Gasteiger partial charge in [-0.15, -0.1) is 0 Å². The Kier molecular flexibility index (Phi) is 5.54. The molecule has 6 nitrogen and oxygen atoms in total. The summed E-state index contributed by atoms with van der Waals surface area (Å²) in [6.45, 7) is 6.59. The molecule has 0 saturated heterocycles. The molecule has 1 aromatic carbocycles. The highest BCUT2D eigenvalue weighted by Gasteiger charge is 2.37. The molecular weight excluding hydrogens is 418 g/mol. The standard InChI is InChI=1S/C21H23F4N3O3/c1-10-14-15(11-6-5-7-28(9-11)19(30)31-20(2,3)4)13(22)8-12(18(26)29)16(14)27-17(10)21(23,24)25/h6,8,27H,5,7,9H2,1-4H3,(H2,26,29). The number of nitrogens with one attached hydrogen (secondary N) is 1. The van der Waals surface area contributed by atoms with Crippen LogP contribution in [0.25, 0.3) is 16.5 Å². The molecule has 2 heterocycles. The van der Waals surface area contributed by atoms with E-state index in [1.54, 1.807) is 26.8 Å². The topological polar surface area (TPSA) is 88.4 Å². The second-order valence-electron chi connectivity index (χ2n) is 8.44. The smallest absolute Gasteiger partial charge is 0.431 e. The molecule has 168 valence electrons. The van der Waals surface area contributed by atoms with Crippen LogP contribution in [0, 0.1) is 12.7 Å². The molecule has 2 aromatic rings. The van der Waals surface area contributed by atoms with Crippen LogP contribution >= 0.6 is 0 Å². The van der Waals surface area contributed by atoms with Crippen LogP contribution < -0.4 is 5.73 Å². The normalized spacial score (nSPS) is 15.2. The van der Waals surface area contributed by atoms with Gasteiger partial charge in [0.25, 0.3) is 5.91 Å². The third-order valence-corrected chi connectivity index (χ3v) is 4.95. The summed E-state index contributed by atoms with van der Waals surface area (Å²) in [7, 11) is 0. The third-order valence-electron chi connectivity index (χ3n) is 4.95. The largest absolute Gasteiger partial charge is 0.444 e. The van der Waals surface area contributed by atoms with Gasteiger partial charge in [0.15, 0.2) is 0 Å². The van der Waals surface area contributed by atoms with E-state index in [0.717, 1.165) is 6.07 Å². The van der Waals surface area contributed by atoms with Crippen LogP contribution in [0.4, 0.5) is 22.4 Å². The van der Waals surface area contributed by atoms with Crippen molar-refractivity contribution in [1.82, 2.24) is 9.88 Å². The van der Waals surface area contributed by atoms with Crippen LogP contribution in [0.1, 0.15) is 54.4 Å². The fourth-order valence-electron chi connectivity index (χ4n) is 3.70. The van der Waals surface area contributed by atoms with E-state index in [1.807, 2.05) is 0 Å². The highest BCUT2D eigenvalue weighted by atomic mass is 19.4. The van der Waals surface area contributed by atoms with E-state index < -0.39 is 35.3 Å². The number of hydrogen-bond acceptors (Lipinski definition) is 3. The van der Waals surface area contributed by atoms with Crippen LogP contribution in [0.5, 0.6) is 0 Å². The van der Waals surface area contributed by atoms with Crippen molar-refractivity contribution in [2.75, 3.05) is 13.1 Å². The Morgan fingerprint density at radius 2 is 1.87 bits per heavy atom. The van der Waals surface area contributed by atoms with Gasteiger partial charge in [0.2, 0.25) is 0 Å². The number of halogens is 4. The predicted octanol–water partition coefficient (Wildman–Crippen LogP) is 4.76. The van der Waals surface area contributed by atoms with Gasteiger partial charge in [0.1, 0.15) is 17.1 Å². The summed E-state index contributed by atoms with van der Waals surface area (Å²) in [5.41, 5.74) is 2.85. The maximum absolute atomic E-state index is 15.1. The molecule has 0 spiro atoms. The number of alkyl halides is 3. The lowest BCUT2D eigenvalue weighted by atomic mass is 9.93. The average Bonchev–Trinajstić information content (AvgIpc) is 2.97. The molecule has 3 rings (SSSR count). The molecule has 0 bridgehead atoms. The van der Waals surface area contributed by atoms with E-state index in [1.165, 1.54) is 11.8 Å². The Bertz CT molecular complexity index is 1090. The number of nitrogens with zero attached hydrogens (tertiary/aromatic N) is 1. The van der Waals surface area contributed by atoms with Crippen molar-refractivity contribution in [2.45, 2.75) is 45.9 Å². The van der Waals surface area contributed by atoms with E-state index in [-0.39, 0.29) is 34.1 Å². The number of aryl methyl sites for hydroxylation is 1. The Morgan fingerprint density at radius 3 is 2.42 bits per heavy atom. The number of carbonyl (C=O) groups excluding carboxylic acids is 2. The molecule has 1 aliphatic rings. The van der Waals surface area contributed by atoms with Crippen molar-refractivity contribution in [3.63, 3.8) is 0 Å². The van der Waals surface area contributed by atoms with Crippen LogP contribution in [-0.4, -0.2) is 40.6 Å². The number of ether oxygens (including phenoxy) is 1. The van der Waals surface area contributed by atoms with E-state index in [4.69, 9.17) is 10.5 Å². The van der Waals surface area contributed by atoms with Crippen molar-refractivity contribution < 1.29 is 31.9 Å². The number of fused-ring (bicyclic) bond motifs is 1. The fourth-order valence-corrected chi connectivity index (χ4v) is 3.70. The molecule has 2 amide bonds. The number of carbonyl (C=O) groups is 2. The number of aromatic nitrogens is 1. The molecule has 0 saturated carbocycles. The highest BCUT2D eigenvalue weighted by Crippen LogP contribution is 2.40. The second-order valence-corrected chi connectivity index (χ2v) is 8.44. The van der Waals surface area contributed by atoms with Crippen LogP contribution in [0.2, 0.25) is 0 Å². The highest BCUT2D eigenvalue weighted by molar-refractivity contribution is 6.09. The zero-order valence-electron chi connectivity index (χ0n) is 17.5. The maximum Gasteiger partial charge on any atom is 0.431 e. The van der Waals surface area contributed by atoms with E-state index in [9.17, 15) is 22.8 Å². The first-order valence-corrected chi connectivity index (χ1v) is 9.59. The lowest BCUT2D eigenvalue weighted by Crippen LogP contribution is -2.39. The number of primary amides is 1. The number of amides is 2. The lowest BCUT2D eigenvalue weighted by Gasteiger charge is -2.30. The minimum Gasteiger partial charge on any atom is -0.444 e. The van der Waals surface area contributed by atoms with Crippen molar-refractivity contribution in [3.05, 3.63) is 40.3 Å². The predicted molar refractivity (Wildman–Crippen MR) is 107 cm³/mol. The molecule has 3 N–H and O–H groups in total. The zero-order chi connectivity index (χ0) is 23.3. The fraction of sp³-hybridized carbons (Fsp3) is 0.429. The van der Waals surface area contributed by atoms with Crippen molar-refractivity contribution in [1.29, 1.82) is 0 Å². The molecule has 0 unspecified atom stereocenters. The summed E-state index contributed by atoms with van der Waals surface area (Å²) in [6, 6.07) is 0.823. The SMILES string of the molecule is Cc1c(C(F)(F)F)[nH]c2c(C(N)=O)cc(F)c(C3=CCCN(C(=O)OC(C)(C)C)C3)c12. The minimum absolute atomic E-state index is 0.0528. The molecule has 31 heavy (non-hydrogen) atoms. The van der Waals surface area contributed by atoms with Gasteiger partial charge in [0.05, 0.1) is 11.1 Å². The monoisotopic (exact) mass is 441 g/mol. The number of aromatic amines is 1. The van der Waals surface area contributed by atoms with E-state index >= 15 is 4.39 Å². The quantitative estimate of drug-likeness (QED) is 0.659. The van der Waals surface area contributed by atoms with Gasteiger partial charge in [-0.05, 0) is 51.3 Å². The van der Waals surface area contributed by atoms with Crippen molar-refractivity contribution >= 4 is 28.5 Å². The Hall–Kier alpha value is -3.04. The second kappa shape index (κ2) is 7.58. The third kappa shape index (κ3) is 4.38. The molecule has 0 fully saturated rings. The van der Waals surface area contributed by atoms with E-state index in [0.29, 0.717) is 18.5 Å². The van der Waals surface area contributed by atoms with Crippen molar-refractivity contribution in [3.8, 4) is 0 Å². The Balaban J connectivity index is 2.16.